The van der Waals surface area contributed by atoms with Crippen LogP contribution in [0.5, 0.6) is 0 Å². The van der Waals surface area contributed by atoms with Gasteiger partial charge in [-0.2, -0.15) is 12.6 Å². The zero-order valence-corrected chi connectivity index (χ0v) is 14.6. The molecule has 0 spiro atoms. The second kappa shape index (κ2) is 10.6. The van der Waals surface area contributed by atoms with E-state index < -0.39 is 47.4 Å². The molecule has 0 rings (SSSR count). The minimum absolute atomic E-state index is 0.234. The molecular formula is C14H20O9S. The topological polar surface area (TPSA) is 122 Å². The number of hydrogen-bond acceptors (Lipinski definition) is 10. The van der Waals surface area contributed by atoms with Gasteiger partial charge in [-0.05, 0) is 0 Å². The molecule has 0 aliphatic heterocycles. The van der Waals surface area contributed by atoms with Crippen molar-refractivity contribution in [3.05, 3.63) is 0 Å². The number of carbonyl (C=O) groups excluding carboxylic acids is 5. The smallest absolute Gasteiger partial charge is 0.303 e. The molecule has 0 radical (unpaired) electrons. The molecule has 0 bridgehead atoms. The molecule has 0 amide bonds. The molecule has 0 aromatic rings. The van der Waals surface area contributed by atoms with Crippen LogP contribution in [0.4, 0.5) is 0 Å². The highest BCUT2D eigenvalue weighted by atomic mass is 32.1. The minimum Gasteiger partial charge on any atom is -0.465 e. The van der Waals surface area contributed by atoms with Gasteiger partial charge in [0.25, 0.3) is 0 Å². The zero-order valence-electron chi connectivity index (χ0n) is 13.7. The molecule has 0 aliphatic carbocycles. The van der Waals surface area contributed by atoms with Gasteiger partial charge in [-0.25, -0.2) is 0 Å². The minimum atomic E-state index is -1.53. The second-order valence-electron chi connectivity index (χ2n) is 4.73. The third-order valence-corrected chi connectivity index (χ3v) is 2.97. The number of thiol groups is 1. The fourth-order valence-electron chi connectivity index (χ4n) is 1.73. The van der Waals surface area contributed by atoms with Crippen LogP contribution in [0.1, 0.15) is 27.7 Å². The largest absolute Gasteiger partial charge is 0.465 e. The molecule has 9 nitrogen and oxygen atoms in total. The van der Waals surface area contributed by atoms with Crippen LogP contribution in [0.3, 0.4) is 0 Å². The summed E-state index contributed by atoms with van der Waals surface area (Å²) in [5.74, 6) is -2.97. The van der Waals surface area contributed by atoms with E-state index in [1.54, 1.807) is 0 Å². The van der Waals surface area contributed by atoms with E-state index in [-0.39, 0.29) is 12.9 Å². The molecular weight excluding hydrogens is 344 g/mol. The maximum absolute atomic E-state index is 11.3. The molecule has 0 N–H and O–H groups in total. The van der Waals surface area contributed by atoms with E-state index in [1.807, 2.05) is 0 Å². The number of rotatable bonds is 9. The van der Waals surface area contributed by atoms with Gasteiger partial charge in [0.2, 0.25) is 0 Å². The lowest BCUT2D eigenvalue weighted by Gasteiger charge is -2.32. The van der Waals surface area contributed by atoms with Gasteiger partial charge in [-0.1, -0.05) is 0 Å². The Kier molecular flexibility index (Phi) is 9.70. The third kappa shape index (κ3) is 8.51. The predicted octanol–water partition coefficient (Wildman–Crippen LogP) is -0.158. The van der Waals surface area contributed by atoms with Crippen molar-refractivity contribution >= 4 is 42.8 Å². The number of aldehydes is 1. The molecule has 10 heteroatoms. The van der Waals surface area contributed by atoms with E-state index in [1.165, 1.54) is 0 Å². The molecule has 0 aromatic heterocycles. The van der Waals surface area contributed by atoms with Crippen molar-refractivity contribution in [3.8, 4) is 0 Å². The van der Waals surface area contributed by atoms with Crippen molar-refractivity contribution < 1.29 is 42.9 Å². The first-order valence-electron chi connectivity index (χ1n) is 6.86. The van der Waals surface area contributed by atoms with Gasteiger partial charge in [0.15, 0.2) is 24.6 Å². The molecule has 24 heavy (non-hydrogen) atoms. The van der Waals surface area contributed by atoms with Gasteiger partial charge < -0.3 is 18.9 Å². The Hall–Kier alpha value is -2.10. The van der Waals surface area contributed by atoms with Gasteiger partial charge in [0, 0.05) is 27.7 Å². The highest BCUT2D eigenvalue weighted by Gasteiger charge is 2.41. The van der Waals surface area contributed by atoms with Gasteiger partial charge in [-0.15, -0.1) is 0 Å². The van der Waals surface area contributed by atoms with Crippen LogP contribution in [-0.4, -0.2) is 60.3 Å². The van der Waals surface area contributed by atoms with Crippen molar-refractivity contribution in [2.24, 2.45) is 0 Å². The summed E-state index contributed by atoms with van der Waals surface area (Å²) in [5.41, 5.74) is 0. The molecule has 0 saturated heterocycles. The molecule has 136 valence electrons. The quantitative estimate of drug-likeness (QED) is 0.257. The Morgan fingerprint density at radius 2 is 1.29 bits per heavy atom. The first kappa shape index (κ1) is 21.9. The van der Waals surface area contributed by atoms with Crippen molar-refractivity contribution in [2.45, 2.75) is 51.3 Å². The summed E-state index contributed by atoms with van der Waals surface area (Å²) in [7, 11) is 0. The fourth-order valence-corrected chi connectivity index (χ4v) is 2.04. The standard InChI is InChI=1S/C14H20O9S/c1-7(16)20-6-12(24)14(23-10(4)19)13(22-9(3)18)11(5-15)21-8(2)17/h5,11-14,24H,6H2,1-4H3/t11-,12-,13+,14+/m0/s1. The first-order chi connectivity index (χ1) is 11.1. The highest BCUT2D eigenvalue weighted by Crippen LogP contribution is 2.20. The third-order valence-electron chi connectivity index (χ3n) is 2.52. The van der Waals surface area contributed by atoms with Crippen molar-refractivity contribution in [2.75, 3.05) is 6.61 Å². The molecule has 4 atom stereocenters. The maximum atomic E-state index is 11.3. The summed E-state index contributed by atoms with van der Waals surface area (Å²) < 4.78 is 19.6. The van der Waals surface area contributed by atoms with E-state index in [0.717, 1.165) is 27.7 Å². The van der Waals surface area contributed by atoms with Crippen LogP contribution in [0.25, 0.3) is 0 Å². The van der Waals surface area contributed by atoms with Gasteiger partial charge >= 0.3 is 23.9 Å². The SMILES string of the molecule is CC(=O)OC[C@H](S)[C@@H](OC(C)=O)[C@H](OC(C)=O)[C@H](C=O)OC(C)=O. The van der Waals surface area contributed by atoms with Gasteiger partial charge in [-0.3, -0.25) is 24.0 Å². The van der Waals surface area contributed by atoms with Crippen molar-refractivity contribution in [1.82, 2.24) is 0 Å². The summed E-state index contributed by atoms with van der Waals surface area (Å²) >= 11 is 4.16. The summed E-state index contributed by atoms with van der Waals surface area (Å²) in [6.07, 6.45) is -4.05. The Labute approximate surface area is 144 Å². The summed E-state index contributed by atoms with van der Waals surface area (Å²) in [5, 5.41) is -0.944. The van der Waals surface area contributed by atoms with Crippen LogP contribution in [0, 0.1) is 0 Å². The first-order valence-corrected chi connectivity index (χ1v) is 7.38. The summed E-state index contributed by atoms with van der Waals surface area (Å²) in [4.78, 5) is 55.9. The van der Waals surface area contributed by atoms with E-state index >= 15 is 0 Å². The lowest BCUT2D eigenvalue weighted by atomic mass is 10.0. The number of ether oxygens (including phenoxy) is 4. The van der Waals surface area contributed by atoms with Crippen LogP contribution in [0.2, 0.25) is 0 Å². The molecule has 0 aromatic carbocycles. The van der Waals surface area contributed by atoms with Crippen LogP contribution >= 0.6 is 12.6 Å². The van der Waals surface area contributed by atoms with E-state index in [0.29, 0.717) is 0 Å². The molecule has 0 saturated carbocycles. The number of carbonyl (C=O) groups is 5. The normalized spacial score (nSPS) is 15.2. The Bertz CT molecular complexity index is 491. The predicted molar refractivity (Wildman–Crippen MR) is 82.1 cm³/mol. The zero-order chi connectivity index (χ0) is 18.9. The van der Waals surface area contributed by atoms with Crippen LogP contribution < -0.4 is 0 Å². The molecule has 0 fully saturated rings. The van der Waals surface area contributed by atoms with E-state index in [4.69, 9.17) is 18.9 Å². The Balaban J connectivity index is 5.55. The maximum Gasteiger partial charge on any atom is 0.303 e. The Morgan fingerprint density at radius 1 is 0.833 bits per heavy atom. The second-order valence-corrected chi connectivity index (χ2v) is 5.39. The monoisotopic (exact) mass is 364 g/mol. The number of esters is 4. The lowest BCUT2D eigenvalue weighted by molar-refractivity contribution is -0.183. The Morgan fingerprint density at radius 3 is 1.67 bits per heavy atom. The lowest BCUT2D eigenvalue weighted by Crippen LogP contribution is -2.50. The molecule has 0 unspecified atom stereocenters. The highest BCUT2D eigenvalue weighted by molar-refractivity contribution is 7.81. The summed E-state index contributed by atoms with van der Waals surface area (Å²) in [6, 6.07) is 0. The van der Waals surface area contributed by atoms with Crippen molar-refractivity contribution in [1.29, 1.82) is 0 Å². The van der Waals surface area contributed by atoms with E-state index in [2.05, 4.69) is 12.6 Å². The average Bonchev–Trinajstić information content (AvgIpc) is 2.45. The van der Waals surface area contributed by atoms with E-state index in [9.17, 15) is 24.0 Å². The van der Waals surface area contributed by atoms with Gasteiger partial charge in [0.1, 0.15) is 6.61 Å². The van der Waals surface area contributed by atoms with Gasteiger partial charge in [0.05, 0.1) is 5.25 Å². The van der Waals surface area contributed by atoms with Crippen LogP contribution in [-0.2, 0) is 42.9 Å². The average molecular weight is 364 g/mol. The summed E-state index contributed by atoms with van der Waals surface area (Å²) in [6.45, 7) is 4.08. The van der Waals surface area contributed by atoms with Crippen molar-refractivity contribution in [3.63, 3.8) is 0 Å². The molecule has 0 aliphatic rings. The van der Waals surface area contributed by atoms with Crippen LogP contribution in [0.15, 0.2) is 0 Å². The number of hydrogen-bond donors (Lipinski definition) is 1. The fraction of sp³-hybridized carbons (Fsp3) is 0.643. The molecule has 0 heterocycles.